The van der Waals surface area contributed by atoms with Crippen molar-refractivity contribution in [3.05, 3.63) is 36.5 Å². The average Bonchev–Trinajstić information content (AvgIpc) is 3.25. The van der Waals surface area contributed by atoms with Gasteiger partial charge in [-0.2, -0.15) is 0 Å². The van der Waals surface area contributed by atoms with Crippen molar-refractivity contribution in [2.45, 2.75) is 283 Å². The third kappa shape index (κ3) is 45.6. The Morgan fingerprint density at radius 3 is 1.18 bits per heavy atom. The van der Waals surface area contributed by atoms with Gasteiger partial charge >= 0.3 is 5.97 Å². The maximum Gasteiger partial charge on any atom is 0.305 e. The minimum atomic E-state index is -0.863. The second-order valence-electron chi connectivity index (χ2n) is 17.8. The molecule has 352 valence electrons. The van der Waals surface area contributed by atoms with E-state index in [0.29, 0.717) is 19.4 Å². The van der Waals surface area contributed by atoms with Crippen molar-refractivity contribution in [2.24, 2.45) is 0 Å². The molecular formula is C54H101NO5. The number of hydrogen-bond acceptors (Lipinski definition) is 5. The SMILES string of the molecule is CCCCCCCCC/C=C\CCCCCCCC(=O)OCCCC/C=C\CCCCCCCC(=O)NC(CO)C(O)/C=C/CCCCCCCCCCCCCCCC. The first-order valence-corrected chi connectivity index (χ1v) is 26.3. The molecule has 0 aromatic carbocycles. The fourth-order valence-electron chi connectivity index (χ4n) is 7.80. The van der Waals surface area contributed by atoms with E-state index in [0.717, 1.165) is 83.5 Å². The molecule has 0 aromatic rings. The van der Waals surface area contributed by atoms with Crippen molar-refractivity contribution in [2.75, 3.05) is 13.2 Å². The molecule has 1 amide bonds. The lowest BCUT2D eigenvalue weighted by molar-refractivity contribution is -0.143. The summed E-state index contributed by atoms with van der Waals surface area (Å²) in [5.41, 5.74) is 0. The van der Waals surface area contributed by atoms with Gasteiger partial charge in [-0.05, 0) is 83.5 Å². The quantitative estimate of drug-likeness (QED) is 0.0322. The molecule has 0 aliphatic carbocycles. The number of esters is 1. The maximum absolute atomic E-state index is 12.4. The molecule has 0 radical (unpaired) electrons. The number of ether oxygens (including phenoxy) is 1. The summed E-state index contributed by atoms with van der Waals surface area (Å²) in [5, 5.41) is 23.1. The molecule has 60 heavy (non-hydrogen) atoms. The van der Waals surface area contributed by atoms with E-state index < -0.39 is 12.1 Å². The van der Waals surface area contributed by atoms with Crippen LogP contribution in [0.2, 0.25) is 0 Å². The van der Waals surface area contributed by atoms with Gasteiger partial charge < -0.3 is 20.3 Å². The van der Waals surface area contributed by atoms with Crippen LogP contribution < -0.4 is 5.32 Å². The summed E-state index contributed by atoms with van der Waals surface area (Å²) in [6, 6.07) is -0.649. The molecule has 3 N–H and O–H groups in total. The Bertz CT molecular complexity index is 977. The molecule has 2 atom stereocenters. The third-order valence-electron chi connectivity index (χ3n) is 11.9. The summed E-state index contributed by atoms with van der Waals surface area (Å²) in [6.07, 6.45) is 60.0. The first-order chi connectivity index (χ1) is 29.5. The first-order valence-electron chi connectivity index (χ1n) is 26.3. The summed E-state index contributed by atoms with van der Waals surface area (Å²) in [7, 11) is 0. The molecule has 0 fully saturated rings. The monoisotopic (exact) mass is 844 g/mol. The van der Waals surface area contributed by atoms with Crippen LogP contribution in [-0.2, 0) is 14.3 Å². The molecule has 0 spiro atoms. The highest BCUT2D eigenvalue weighted by Crippen LogP contribution is 2.15. The highest BCUT2D eigenvalue weighted by molar-refractivity contribution is 5.76. The number of aliphatic hydroxyl groups excluding tert-OH is 2. The molecule has 6 nitrogen and oxygen atoms in total. The Kier molecular flexibility index (Phi) is 48.1. The van der Waals surface area contributed by atoms with Crippen LogP contribution in [-0.4, -0.2) is 47.4 Å². The molecule has 6 heteroatoms. The predicted molar refractivity (Wildman–Crippen MR) is 259 cm³/mol. The van der Waals surface area contributed by atoms with Crippen LogP contribution in [0.15, 0.2) is 36.5 Å². The van der Waals surface area contributed by atoms with Gasteiger partial charge in [-0.15, -0.1) is 0 Å². The summed E-state index contributed by atoms with van der Waals surface area (Å²) in [4.78, 5) is 24.5. The number of aliphatic hydroxyl groups is 2. The van der Waals surface area contributed by atoms with Gasteiger partial charge in [0.15, 0.2) is 0 Å². The summed E-state index contributed by atoms with van der Waals surface area (Å²) < 4.78 is 5.43. The molecule has 0 saturated carbocycles. The number of nitrogens with one attached hydrogen (secondary N) is 1. The lowest BCUT2D eigenvalue weighted by Gasteiger charge is -2.20. The summed E-state index contributed by atoms with van der Waals surface area (Å²) in [5.74, 6) is -0.138. The second kappa shape index (κ2) is 49.7. The average molecular weight is 844 g/mol. The summed E-state index contributed by atoms with van der Waals surface area (Å²) in [6.45, 7) is 4.82. The second-order valence-corrected chi connectivity index (χ2v) is 17.8. The number of amides is 1. The number of unbranched alkanes of at least 4 members (excludes halogenated alkanes) is 33. The van der Waals surface area contributed by atoms with E-state index in [1.807, 2.05) is 6.08 Å². The van der Waals surface area contributed by atoms with Crippen LogP contribution in [0.1, 0.15) is 271 Å². The third-order valence-corrected chi connectivity index (χ3v) is 11.9. The van der Waals surface area contributed by atoms with E-state index in [1.165, 1.54) is 161 Å². The topological polar surface area (TPSA) is 95.9 Å². The summed E-state index contributed by atoms with van der Waals surface area (Å²) >= 11 is 0. The zero-order chi connectivity index (χ0) is 43.7. The van der Waals surface area contributed by atoms with Crippen LogP contribution in [0.4, 0.5) is 0 Å². The van der Waals surface area contributed by atoms with Crippen molar-refractivity contribution >= 4 is 11.9 Å². The van der Waals surface area contributed by atoms with E-state index in [2.05, 4.69) is 43.5 Å². The molecule has 2 unspecified atom stereocenters. The molecule has 0 bridgehead atoms. The van der Waals surface area contributed by atoms with Crippen LogP contribution in [0.25, 0.3) is 0 Å². The molecule has 0 aliphatic heterocycles. The highest BCUT2D eigenvalue weighted by Gasteiger charge is 2.18. The Morgan fingerprint density at radius 1 is 0.450 bits per heavy atom. The maximum atomic E-state index is 12.4. The van der Waals surface area contributed by atoms with Gasteiger partial charge in [-0.25, -0.2) is 0 Å². The van der Waals surface area contributed by atoms with Gasteiger partial charge in [-0.3, -0.25) is 9.59 Å². The van der Waals surface area contributed by atoms with Gasteiger partial charge in [0.05, 0.1) is 25.4 Å². The van der Waals surface area contributed by atoms with Crippen molar-refractivity contribution in [1.82, 2.24) is 5.32 Å². The van der Waals surface area contributed by atoms with Crippen LogP contribution in [0.5, 0.6) is 0 Å². The molecule has 0 heterocycles. The fraction of sp³-hybridized carbons (Fsp3) is 0.852. The fourth-order valence-corrected chi connectivity index (χ4v) is 7.80. The predicted octanol–water partition coefficient (Wildman–Crippen LogP) is 15.7. The number of allylic oxidation sites excluding steroid dienone is 5. The number of rotatable bonds is 48. The lowest BCUT2D eigenvalue weighted by atomic mass is 10.0. The Hall–Kier alpha value is -1.92. The van der Waals surface area contributed by atoms with Gasteiger partial charge in [0.25, 0.3) is 0 Å². The smallest absolute Gasteiger partial charge is 0.305 e. The largest absolute Gasteiger partial charge is 0.466 e. The van der Waals surface area contributed by atoms with Crippen LogP contribution >= 0.6 is 0 Å². The van der Waals surface area contributed by atoms with Gasteiger partial charge in [0, 0.05) is 12.8 Å². The lowest BCUT2D eigenvalue weighted by Crippen LogP contribution is -2.45. The number of carbonyl (C=O) groups excluding carboxylic acids is 2. The zero-order valence-electron chi connectivity index (χ0n) is 39.9. The van der Waals surface area contributed by atoms with E-state index in [-0.39, 0.29) is 18.5 Å². The molecular weight excluding hydrogens is 743 g/mol. The van der Waals surface area contributed by atoms with E-state index >= 15 is 0 Å². The van der Waals surface area contributed by atoms with Crippen LogP contribution in [0, 0.1) is 0 Å². The van der Waals surface area contributed by atoms with Crippen molar-refractivity contribution < 1.29 is 24.5 Å². The number of carbonyl (C=O) groups is 2. The van der Waals surface area contributed by atoms with E-state index in [9.17, 15) is 19.8 Å². The van der Waals surface area contributed by atoms with Gasteiger partial charge in [-0.1, -0.05) is 211 Å². The standard InChI is InChI=1S/C54H101NO5/c1-3-5-7-9-11-13-15-17-19-21-23-26-30-34-38-42-46-52(57)51(50-56)55-53(58)47-43-39-35-31-27-25-29-33-37-41-45-49-60-54(59)48-44-40-36-32-28-24-22-20-18-16-14-12-10-8-6-4-2/h20,22,29,33,42,46,51-52,56-57H,3-19,21,23-28,30-32,34-41,43-45,47-50H2,1-2H3,(H,55,58)/b22-20-,33-29-,46-42+. The van der Waals surface area contributed by atoms with E-state index in [1.54, 1.807) is 6.08 Å². The zero-order valence-corrected chi connectivity index (χ0v) is 39.9. The molecule has 0 aliphatic rings. The van der Waals surface area contributed by atoms with Crippen molar-refractivity contribution in [1.29, 1.82) is 0 Å². The highest BCUT2D eigenvalue weighted by atomic mass is 16.5. The van der Waals surface area contributed by atoms with Gasteiger partial charge in [0.1, 0.15) is 0 Å². The Balaban J connectivity index is 3.56. The minimum Gasteiger partial charge on any atom is -0.466 e. The molecule has 0 aromatic heterocycles. The first kappa shape index (κ1) is 58.1. The van der Waals surface area contributed by atoms with E-state index in [4.69, 9.17) is 4.74 Å². The minimum absolute atomic E-state index is 0.0408. The Morgan fingerprint density at radius 2 is 0.783 bits per heavy atom. The van der Waals surface area contributed by atoms with Crippen LogP contribution in [0.3, 0.4) is 0 Å². The van der Waals surface area contributed by atoms with Gasteiger partial charge in [0.2, 0.25) is 5.91 Å². The molecule has 0 rings (SSSR count). The van der Waals surface area contributed by atoms with Crippen molar-refractivity contribution in [3.63, 3.8) is 0 Å². The number of hydrogen-bond donors (Lipinski definition) is 3. The molecule has 0 saturated heterocycles. The normalized spacial score (nSPS) is 12.9. The Labute approximate surface area is 373 Å². The van der Waals surface area contributed by atoms with Crippen molar-refractivity contribution in [3.8, 4) is 0 Å².